The summed E-state index contributed by atoms with van der Waals surface area (Å²) in [4.78, 5) is 21.7. The average molecular weight is 334 g/mol. The minimum atomic E-state index is 0.0665. The number of nitrogens with zero attached hydrogens (tertiary/aromatic N) is 4. The van der Waals surface area contributed by atoms with E-state index in [1.165, 1.54) is 5.69 Å². The lowest BCUT2D eigenvalue weighted by Crippen LogP contribution is -2.46. The molecule has 2 aliphatic rings. The van der Waals surface area contributed by atoms with Crippen LogP contribution in [0.15, 0.2) is 12.5 Å². The number of carbonyl (C=O) groups excluding carboxylic acids is 1. The molecule has 2 aliphatic heterocycles. The maximum atomic E-state index is 13.1. The number of likely N-dealkylation sites (tertiary alicyclic amines) is 1. The van der Waals surface area contributed by atoms with Crippen molar-refractivity contribution in [2.75, 3.05) is 33.4 Å². The summed E-state index contributed by atoms with van der Waals surface area (Å²) < 4.78 is 7.66. The van der Waals surface area contributed by atoms with Crippen LogP contribution in [0.4, 0.5) is 0 Å². The fourth-order valence-corrected chi connectivity index (χ4v) is 4.08. The third-order valence-corrected chi connectivity index (χ3v) is 5.93. The summed E-state index contributed by atoms with van der Waals surface area (Å²) >= 11 is 0. The van der Waals surface area contributed by atoms with Crippen molar-refractivity contribution in [1.82, 2.24) is 19.4 Å². The second-order valence-electron chi connectivity index (χ2n) is 7.74. The molecule has 1 aromatic heterocycles. The topological polar surface area (TPSA) is 50.6 Å². The number of carbonyl (C=O) groups is 1. The number of ether oxygens (including phenoxy) is 1. The molecule has 1 amide bonds. The first kappa shape index (κ1) is 17.4. The van der Waals surface area contributed by atoms with Crippen molar-refractivity contribution in [3.8, 4) is 0 Å². The monoisotopic (exact) mass is 334 g/mol. The predicted molar refractivity (Wildman–Crippen MR) is 92.4 cm³/mol. The second-order valence-corrected chi connectivity index (χ2v) is 7.74. The number of amides is 1. The fourth-order valence-electron chi connectivity index (χ4n) is 4.08. The molecule has 24 heavy (non-hydrogen) atoms. The van der Waals surface area contributed by atoms with E-state index in [0.29, 0.717) is 5.91 Å². The summed E-state index contributed by atoms with van der Waals surface area (Å²) in [5.41, 5.74) is 1.26. The number of imidazole rings is 1. The lowest BCUT2D eigenvalue weighted by atomic mass is 9.71. The van der Waals surface area contributed by atoms with E-state index in [0.717, 1.165) is 45.7 Å². The molecule has 0 bridgehead atoms. The van der Waals surface area contributed by atoms with Crippen LogP contribution in [-0.2, 0) is 23.1 Å². The van der Waals surface area contributed by atoms with E-state index in [1.54, 1.807) is 0 Å². The Morgan fingerprint density at radius 3 is 2.75 bits per heavy atom. The summed E-state index contributed by atoms with van der Waals surface area (Å²) in [5.74, 6) is 0.362. The van der Waals surface area contributed by atoms with Gasteiger partial charge < -0.3 is 14.2 Å². The normalized spacial score (nSPS) is 24.0. The zero-order valence-electron chi connectivity index (χ0n) is 15.4. The Morgan fingerprint density at radius 2 is 2.17 bits per heavy atom. The van der Waals surface area contributed by atoms with E-state index in [2.05, 4.69) is 28.3 Å². The van der Waals surface area contributed by atoms with Gasteiger partial charge in [0.25, 0.3) is 0 Å². The molecule has 0 N–H and O–H groups in total. The van der Waals surface area contributed by atoms with Gasteiger partial charge in [0.05, 0.1) is 17.9 Å². The molecule has 1 spiro atoms. The molecule has 3 rings (SSSR count). The molecule has 0 saturated carbocycles. The molecule has 134 valence electrons. The SMILES string of the molecule is CC(C)N(C)C(=O)C1CN(Cc2cncn2C)CC12CCOCC2. The van der Waals surface area contributed by atoms with Crippen LogP contribution in [0, 0.1) is 11.3 Å². The van der Waals surface area contributed by atoms with Crippen molar-refractivity contribution >= 4 is 5.91 Å². The first-order valence-corrected chi connectivity index (χ1v) is 8.95. The van der Waals surface area contributed by atoms with Crippen molar-refractivity contribution < 1.29 is 9.53 Å². The molecular formula is C18H30N4O2. The van der Waals surface area contributed by atoms with Crippen molar-refractivity contribution in [2.45, 2.75) is 39.3 Å². The van der Waals surface area contributed by atoms with Crippen LogP contribution in [0.5, 0.6) is 0 Å². The van der Waals surface area contributed by atoms with E-state index < -0.39 is 0 Å². The van der Waals surface area contributed by atoms with Gasteiger partial charge in [-0.1, -0.05) is 0 Å². The summed E-state index contributed by atoms with van der Waals surface area (Å²) in [6, 6.07) is 0.237. The number of aromatic nitrogens is 2. The maximum absolute atomic E-state index is 13.1. The van der Waals surface area contributed by atoms with Gasteiger partial charge in [-0.3, -0.25) is 9.69 Å². The fraction of sp³-hybridized carbons (Fsp3) is 0.778. The highest BCUT2D eigenvalue weighted by Gasteiger charge is 2.51. The molecule has 0 aliphatic carbocycles. The van der Waals surface area contributed by atoms with Gasteiger partial charge in [-0.2, -0.15) is 0 Å². The van der Waals surface area contributed by atoms with Gasteiger partial charge in [-0.25, -0.2) is 4.98 Å². The zero-order chi connectivity index (χ0) is 17.3. The molecule has 3 heterocycles. The molecular weight excluding hydrogens is 304 g/mol. The Balaban J connectivity index is 1.79. The Bertz CT molecular complexity index is 577. The molecule has 2 fully saturated rings. The van der Waals surface area contributed by atoms with Crippen LogP contribution in [-0.4, -0.2) is 64.7 Å². The van der Waals surface area contributed by atoms with Gasteiger partial charge >= 0.3 is 0 Å². The van der Waals surface area contributed by atoms with Crippen molar-refractivity contribution in [2.24, 2.45) is 18.4 Å². The van der Waals surface area contributed by atoms with Crippen LogP contribution in [0.2, 0.25) is 0 Å². The Hall–Kier alpha value is -1.40. The van der Waals surface area contributed by atoms with Crippen LogP contribution in [0.3, 0.4) is 0 Å². The summed E-state index contributed by atoms with van der Waals surface area (Å²) in [7, 11) is 3.96. The van der Waals surface area contributed by atoms with E-state index >= 15 is 0 Å². The number of rotatable bonds is 4. The highest BCUT2D eigenvalue weighted by Crippen LogP contribution is 2.45. The highest BCUT2D eigenvalue weighted by atomic mass is 16.5. The largest absolute Gasteiger partial charge is 0.381 e. The smallest absolute Gasteiger partial charge is 0.227 e. The third-order valence-electron chi connectivity index (χ3n) is 5.93. The van der Waals surface area contributed by atoms with Gasteiger partial charge in [0.1, 0.15) is 0 Å². The van der Waals surface area contributed by atoms with Crippen molar-refractivity contribution in [3.63, 3.8) is 0 Å². The summed E-state index contributed by atoms with van der Waals surface area (Å²) in [6.07, 6.45) is 5.73. The van der Waals surface area contributed by atoms with Crippen LogP contribution in [0.1, 0.15) is 32.4 Å². The Kier molecular flexibility index (Phi) is 4.97. The molecule has 1 aromatic rings. The predicted octanol–water partition coefficient (Wildman–Crippen LogP) is 1.52. The standard InChI is InChI=1S/C18H30N4O2/c1-14(2)21(4)17(23)16-11-22(10-15-9-19-13-20(15)3)12-18(16)5-7-24-8-6-18/h9,13-14,16H,5-8,10-12H2,1-4H3. The Morgan fingerprint density at radius 1 is 1.46 bits per heavy atom. The van der Waals surface area contributed by atoms with Gasteiger partial charge in [-0.05, 0) is 26.7 Å². The third kappa shape index (κ3) is 3.22. The first-order chi connectivity index (χ1) is 11.4. The van der Waals surface area contributed by atoms with E-state index in [1.807, 2.05) is 31.5 Å². The maximum Gasteiger partial charge on any atom is 0.227 e. The molecule has 0 radical (unpaired) electrons. The van der Waals surface area contributed by atoms with Gasteiger partial charge in [0.2, 0.25) is 5.91 Å². The average Bonchev–Trinajstić information content (AvgIpc) is 3.11. The second kappa shape index (κ2) is 6.84. The molecule has 2 saturated heterocycles. The summed E-state index contributed by atoms with van der Waals surface area (Å²) in [5, 5.41) is 0. The molecule has 0 aromatic carbocycles. The first-order valence-electron chi connectivity index (χ1n) is 8.95. The van der Waals surface area contributed by atoms with Crippen molar-refractivity contribution in [3.05, 3.63) is 18.2 Å². The minimum absolute atomic E-state index is 0.0665. The molecule has 1 atom stereocenters. The van der Waals surface area contributed by atoms with Crippen LogP contribution in [0.25, 0.3) is 0 Å². The van der Waals surface area contributed by atoms with E-state index in [4.69, 9.17) is 4.74 Å². The molecule has 6 nitrogen and oxygen atoms in total. The van der Waals surface area contributed by atoms with Gasteiger partial charge in [-0.15, -0.1) is 0 Å². The number of aryl methyl sites for hydroxylation is 1. The minimum Gasteiger partial charge on any atom is -0.381 e. The van der Waals surface area contributed by atoms with Crippen LogP contribution < -0.4 is 0 Å². The lowest BCUT2D eigenvalue weighted by Gasteiger charge is -2.39. The van der Waals surface area contributed by atoms with E-state index in [-0.39, 0.29) is 17.4 Å². The molecule has 6 heteroatoms. The van der Waals surface area contributed by atoms with Gasteiger partial charge in [0, 0.05) is 64.6 Å². The number of hydrogen-bond acceptors (Lipinski definition) is 4. The molecule has 1 unspecified atom stereocenters. The lowest BCUT2D eigenvalue weighted by molar-refractivity contribution is -0.140. The quantitative estimate of drug-likeness (QED) is 0.838. The highest BCUT2D eigenvalue weighted by molar-refractivity contribution is 5.80. The zero-order valence-corrected chi connectivity index (χ0v) is 15.4. The van der Waals surface area contributed by atoms with Gasteiger partial charge in [0.15, 0.2) is 0 Å². The summed E-state index contributed by atoms with van der Waals surface area (Å²) in [6.45, 7) is 8.37. The van der Waals surface area contributed by atoms with Crippen LogP contribution >= 0.6 is 0 Å². The van der Waals surface area contributed by atoms with E-state index in [9.17, 15) is 4.79 Å². The Labute approximate surface area is 144 Å². The van der Waals surface area contributed by atoms with Crippen molar-refractivity contribution in [1.29, 1.82) is 0 Å². The number of hydrogen-bond donors (Lipinski definition) is 0.